The Bertz CT molecular complexity index is 923. The van der Waals surface area contributed by atoms with Crippen LogP contribution < -0.4 is 4.90 Å². The van der Waals surface area contributed by atoms with E-state index in [0.717, 1.165) is 45.9 Å². The Morgan fingerprint density at radius 3 is 2.54 bits per heavy atom. The predicted molar refractivity (Wildman–Crippen MR) is 111 cm³/mol. The maximum absolute atomic E-state index is 12.5. The van der Waals surface area contributed by atoms with Gasteiger partial charge in [0.25, 0.3) is 0 Å². The van der Waals surface area contributed by atoms with Gasteiger partial charge in [0.1, 0.15) is 5.01 Å². The van der Waals surface area contributed by atoms with E-state index in [1.165, 1.54) is 0 Å². The zero-order valence-electron chi connectivity index (χ0n) is 15.3. The van der Waals surface area contributed by atoms with Gasteiger partial charge in [-0.2, -0.15) is 0 Å². The van der Waals surface area contributed by atoms with Crippen LogP contribution in [0.5, 0.6) is 0 Å². The minimum atomic E-state index is 0.124. The van der Waals surface area contributed by atoms with E-state index in [2.05, 4.69) is 20.1 Å². The average Bonchev–Trinajstić information content (AvgIpc) is 3.19. The van der Waals surface area contributed by atoms with E-state index in [0.29, 0.717) is 19.5 Å². The molecule has 1 amide bonds. The number of anilines is 1. The summed E-state index contributed by atoms with van der Waals surface area (Å²) in [5, 5.41) is 11.3. The van der Waals surface area contributed by atoms with Gasteiger partial charge >= 0.3 is 0 Å². The quantitative estimate of drug-likeness (QED) is 0.643. The highest BCUT2D eigenvalue weighted by atomic mass is 35.5. The Balaban J connectivity index is 1.31. The number of pyridine rings is 1. The standard InChI is InChI=1S/C20H20ClN5OS/c21-16-6-4-15(5-7-16)13-18-23-24-20(28-18)26-11-9-25(10-12-26)19(27)14-17-3-1-2-8-22-17/h1-8H,9-14H2. The summed E-state index contributed by atoms with van der Waals surface area (Å²) < 4.78 is 0. The summed E-state index contributed by atoms with van der Waals surface area (Å²) in [4.78, 5) is 20.8. The lowest BCUT2D eigenvalue weighted by molar-refractivity contribution is -0.130. The summed E-state index contributed by atoms with van der Waals surface area (Å²) in [5.74, 6) is 0.124. The molecule has 144 valence electrons. The number of nitrogens with zero attached hydrogens (tertiary/aromatic N) is 5. The van der Waals surface area contributed by atoms with Crippen molar-refractivity contribution in [3.05, 3.63) is 69.9 Å². The molecule has 28 heavy (non-hydrogen) atoms. The second kappa shape index (κ2) is 8.67. The SMILES string of the molecule is O=C(Cc1ccccn1)N1CCN(c2nnc(Cc3ccc(Cl)cc3)s2)CC1. The molecular formula is C20H20ClN5OS. The zero-order chi connectivity index (χ0) is 19.3. The zero-order valence-corrected chi connectivity index (χ0v) is 16.9. The van der Waals surface area contributed by atoms with Gasteiger partial charge in [-0.05, 0) is 29.8 Å². The minimum absolute atomic E-state index is 0.124. The highest BCUT2D eigenvalue weighted by molar-refractivity contribution is 7.15. The largest absolute Gasteiger partial charge is 0.343 e. The van der Waals surface area contributed by atoms with Gasteiger partial charge in [0.05, 0.1) is 6.42 Å². The first kappa shape index (κ1) is 18.8. The van der Waals surface area contributed by atoms with Gasteiger partial charge in [0.2, 0.25) is 11.0 Å². The first-order chi connectivity index (χ1) is 13.7. The number of amides is 1. The van der Waals surface area contributed by atoms with Gasteiger partial charge in [-0.25, -0.2) is 0 Å². The lowest BCUT2D eigenvalue weighted by atomic mass is 10.2. The molecule has 1 fully saturated rings. The number of hydrogen-bond donors (Lipinski definition) is 0. The fourth-order valence-corrected chi connectivity index (χ4v) is 4.19. The van der Waals surface area contributed by atoms with E-state index in [-0.39, 0.29) is 5.91 Å². The van der Waals surface area contributed by atoms with Crippen LogP contribution in [0.25, 0.3) is 0 Å². The molecule has 0 unspecified atom stereocenters. The van der Waals surface area contributed by atoms with Crippen LogP contribution >= 0.6 is 22.9 Å². The van der Waals surface area contributed by atoms with Gasteiger partial charge in [0, 0.05) is 49.5 Å². The fourth-order valence-electron chi connectivity index (χ4n) is 3.14. The molecule has 6 nitrogen and oxygen atoms in total. The fraction of sp³-hybridized carbons (Fsp3) is 0.300. The van der Waals surface area contributed by atoms with Crippen molar-refractivity contribution < 1.29 is 4.79 Å². The smallest absolute Gasteiger partial charge is 0.228 e. The van der Waals surface area contributed by atoms with E-state index < -0.39 is 0 Å². The van der Waals surface area contributed by atoms with E-state index in [1.54, 1.807) is 17.5 Å². The molecule has 0 radical (unpaired) electrons. The van der Waals surface area contributed by atoms with Crippen molar-refractivity contribution in [2.45, 2.75) is 12.8 Å². The van der Waals surface area contributed by atoms with Gasteiger partial charge < -0.3 is 9.80 Å². The summed E-state index contributed by atoms with van der Waals surface area (Å²) >= 11 is 7.54. The summed E-state index contributed by atoms with van der Waals surface area (Å²) in [6.07, 6.45) is 2.82. The van der Waals surface area contributed by atoms with Crippen molar-refractivity contribution >= 4 is 34.0 Å². The maximum atomic E-state index is 12.5. The Kier molecular flexibility index (Phi) is 5.83. The molecule has 0 bridgehead atoms. The van der Waals surface area contributed by atoms with Gasteiger partial charge in [-0.1, -0.05) is 41.1 Å². The molecule has 1 saturated heterocycles. The van der Waals surface area contributed by atoms with Crippen LogP contribution in [0.1, 0.15) is 16.3 Å². The monoisotopic (exact) mass is 413 g/mol. The lowest BCUT2D eigenvalue weighted by Crippen LogP contribution is -2.49. The summed E-state index contributed by atoms with van der Waals surface area (Å²) in [7, 11) is 0. The molecule has 0 N–H and O–H groups in total. The molecule has 0 saturated carbocycles. The second-order valence-electron chi connectivity index (χ2n) is 6.65. The Labute approximate surface area is 172 Å². The molecule has 0 spiro atoms. The van der Waals surface area contributed by atoms with Crippen molar-refractivity contribution in [2.75, 3.05) is 31.1 Å². The Hall–Kier alpha value is -2.51. The van der Waals surface area contributed by atoms with Crippen molar-refractivity contribution in [2.24, 2.45) is 0 Å². The third kappa shape index (κ3) is 4.66. The first-order valence-electron chi connectivity index (χ1n) is 9.17. The van der Waals surface area contributed by atoms with Gasteiger partial charge in [-0.15, -0.1) is 10.2 Å². The van der Waals surface area contributed by atoms with E-state index in [9.17, 15) is 4.79 Å². The van der Waals surface area contributed by atoms with Crippen LogP contribution in [-0.4, -0.2) is 52.2 Å². The minimum Gasteiger partial charge on any atom is -0.343 e. The number of aromatic nitrogens is 3. The second-order valence-corrected chi connectivity index (χ2v) is 8.12. The summed E-state index contributed by atoms with van der Waals surface area (Å²) in [5.41, 5.74) is 1.97. The molecular weight excluding hydrogens is 394 g/mol. The van der Waals surface area contributed by atoms with E-state index in [1.807, 2.05) is 47.4 Å². The maximum Gasteiger partial charge on any atom is 0.228 e. The molecule has 0 aliphatic carbocycles. The number of rotatable bonds is 5. The molecule has 2 aromatic heterocycles. The number of hydrogen-bond acceptors (Lipinski definition) is 6. The summed E-state index contributed by atoms with van der Waals surface area (Å²) in [6.45, 7) is 2.92. The highest BCUT2D eigenvalue weighted by Gasteiger charge is 2.23. The number of halogens is 1. The number of piperazine rings is 1. The molecule has 4 rings (SSSR count). The van der Waals surface area contributed by atoms with Crippen LogP contribution in [0.15, 0.2) is 48.7 Å². The topological polar surface area (TPSA) is 62.2 Å². The van der Waals surface area contributed by atoms with Crippen molar-refractivity contribution in [3.8, 4) is 0 Å². The molecule has 8 heteroatoms. The van der Waals surface area contributed by atoms with Crippen molar-refractivity contribution in [3.63, 3.8) is 0 Å². The lowest BCUT2D eigenvalue weighted by Gasteiger charge is -2.34. The number of benzene rings is 1. The van der Waals surface area contributed by atoms with Crippen molar-refractivity contribution in [1.29, 1.82) is 0 Å². The average molecular weight is 414 g/mol. The molecule has 0 atom stereocenters. The van der Waals surface area contributed by atoms with E-state index >= 15 is 0 Å². The molecule has 3 aromatic rings. The van der Waals surface area contributed by atoms with Crippen LogP contribution in [0.2, 0.25) is 5.02 Å². The predicted octanol–water partition coefficient (Wildman–Crippen LogP) is 3.07. The van der Waals surface area contributed by atoms with Crippen LogP contribution in [0.3, 0.4) is 0 Å². The Morgan fingerprint density at radius 1 is 1.04 bits per heavy atom. The normalized spacial score (nSPS) is 14.3. The van der Waals surface area contributed by atoms with Gasteiger partial charge in [0.15, 0.2) is 0 Å². The first-order valence-corrected chi connectivity index (χ1v) is 10.4. The van der Waals surface area contributed by atoms with E-state index in [4.69, 9.17) is 11.6 Å². The number of carbonyl (C=O) groups is 1. The molecule has 1 aromatic carbocycles. The van der Waals surface area contributed by atoms with Gasteiger partial charge in [-0.3, -0.25) is 9.78 Å². The third-order valence-corrected chi connectivity index (χ3v) is 5.92. The Morgan fingerprint density at radius 2 is 1.82 bits per heavy atom. The molecule has 3 heterocycles. The van der Waals surface area contributed by atoms with Crippen LogP contribution in [-0.2, 0) is 17.6 Å². The van der Waals surface area contributed by atoms with Crippen LogP contribution in [0.4, 0.5) is 5.13 Å². The summed E-state index contributed by atoms with van der Waals surface area (Å²) in [6, 6.07) is 13.4. The van der Waals surface area contributed by atoms with Crippen molar-refractivity contribution in [1.82, 2.24) is 20.1 Å². The molecule has 1 aliphatic heterocycles. The number of carbonyl (C=O) groups excluding carboxylic acids is 1. The van der Waals surface area contributed by atoms with Crippen LogP contribution in [0, 0.1) is 0 Å². The third-order valence-electron chi connectivity index (χ3n) is 4.69. The highest BCUT2D eigenvalue weighted by Crippen LogP contribution is 2.24. The molecule has 1 aliphatic rings.